The number of hydrogen-bond acceptors (Lipinski definition) is 4. The lowest BCUT2D eigenvalue weighted by Gasteiger charge is -2.42. The molecule has 4 rings (SSSR count). The first-order chi connectivity index (χ1) is 13.9. The predicted octanol–water partition coefficient (Wildman–Crippen LogP) is 4.80. The highest BCUT2D eigenvalue weighted by Crippen LogP contribution is 2.47. The summed E-state index contributed by atoms with van der Waals surface area (Å²) in [5, 5.41) is 19.0. The van der Waals surface area contributed by atoms with E-state index in [1.54, 1.807) is 48.5 Å². The van der Waals surface area contributed by atoms with Gasteiger partial charge in [-0.1, -0.05) is 48.9 Å². The molecule has 3 aromatic rings. The van der Waals surface area contributed by atoms with E-state index < -0.39 is 20.5 Å². The fourth-order valence-corrected chi connectivity index (χ4v) is 6.45. The zero-order chi connectivity index (χ0) is 20.5. The first-order valence-electron chi connectivity index (χ1n) is 9.80. The average molecular weight is 409 g/mol. The second kappa shape index (κ2) is 7.56. The Hall–Kier alpha value is -2.79. The molecule has 1 unspecified atom stereocenters. The van der Waals surface area contributed by atoms with Gasteiger partial charge in [-0.25, -0.2) is 8.42 Å². The molecule has 3 aromatic carbocycles. The molecule has 0 radical (unpaired) electrons. The Labute approximate surface area is 171 Å². The van der Waals surface area contributed by atoms with Crippen LogP contribution in [0.5, 0.6) is 11.5 Å². The van der Waals surface area contributed by atoms with Gasteiger partial charge in [-0.05, 0) is 66.8 Å². The molecule has 1 fully saturated rings. The van der Waals surface area contributed by atoms with Crippen molar-refractivity contribution in [2.24, 2.45) is 0 Å². The SMILES string of the molecule is O=S(=O)(c1ccccc1)C1CCCC(c2ccc(O)cc2)(c2ccc(O)cc2)C1. The van der Waals surface area contributed by atoms with Crippen molar-refractivity contribution in [1.82, 2.24) is 0 Å². The van der Waals surface area contributed by atoms with Crippen molar-refractivity contribution in [3.8, 4) is 11.5 Å². The van der Waals surface area contributed by atoms with E-state index in [9.17, 15) is 18.6 Å². The van der Waals surface area contributed by atoms with E-state index in [1.807, 2.05) is 30.3 Å². The fourth-order valence-electron chi connectivity index (χ4n) is 4.54. The van der Waals surface area contributed by atoms with Crippen molar-refractivity contribution in [2.45, 2.75) is 41.2 Å². The van der Waals surface area contributed by atoms with Crippen LogP contribution in [0.1, 0.15) is 36.8 Å². The molecule has 1 aliphatic rings. The van der Waals surface area contributed by atoms with Gasteiger partial charge in [0.15, 0.2) is 9.84 Å². The molecule has 29 heavy (non-hydrogen) atoms. The topological polar surface area (TPSA) is 74.6 Å². The van der Waals surface area contributed by atoms with Crippen LogP contribution >= 0.6 is 0 Å². The lowest BCUT2D eigenvalue weighted by molar-refractivity contribution is 0.344. The Morgan fingerprint density at radius 3 is 1.79 bits per heavy atom. The Kier molecular flexibility index (Phi) is 5.09. The number of phenolic OH excluding ortho intramolecular Hbond substituents is 2. The Bertz CT molecular complexity index is 1030. The third kappa shape index (κ3) is 3.62. The molecule has 0 spiro atoms. The number of sulfone groups is 1. The van der Waals surface area contributed by atoms with Gasteiger partial charge >= 0.3 is 0 Å². The Morgan fingerprint density at radius 1 is 0.759 bits per heavy atom. The summed E-state index contributed by atoms with van der Waals surface area (Å²) in [5.74, 6) is 0.359. The molecule has 0 bridgehead atoms. The number of hydrogen-bond donors (Lipinski definition) is 2. The highest BCUT2D eigenvalue weighted by Gasteiger charge is 2.44. The molecule has 0 saturated heterocycles. The standard InChI is InChI=1S/C24H24O4S/c25-20-12-8-18(9-13-20)24(19-10-14-21(26)15-11-19)16-4-7-23(17-24)29(27,28)22-5-2-1-3-6-22/h1-3,5-6,8-15,23,25-26H,4,7,16-17H2. The quantitative estimate of drug-likeness (QED) is 0.650. The molecule has 0 aliphatic heterocycles. The van der Waals surface area contributed by atoms with Gasteiger partial charge in [0.25, 0.3) is 0 Å². The summed E-state index contributed by atoms with van der Waals surface area (Å²) in [7, 11) is -3.46. The average Bonchev–Trinajstić information content (AvgIpc) is 2.75. The summed E-state index contributed by atoms with van der Waals surface area (Å²) < 4.78 is 26.7. The lowest BCUT2D eigenvalue weighted by Crippen LogP contribution is -2.39. The van der Waals surface area contributed by atoms with E-state index in [-0.39, 0.29) is 11.5 Å². The lowest BCUT2D eigenvalue weighted by atomic mass is 9.65. The molecule has 150 valence electrons. The van der Waals surface area contributed by atoms with Crippen molar-refractivity contribution >= 4 is 9.84 Å². The van der Waals surface area contributed by atoms with E-state index in [1.165, 1.54) is 0 Å². The van der Waals surface area contributed by atoms with Crippen LogP contribution in [0, 0.1) is 0 Å². The fraction of sp³-hybridized carbons (Fsp3) is 0.250. The molecule has 2 N–H and O–H groups in total. The summed E-state index contributed by atoms with van der Waals surface area (Å²) in [6, 6.07) is 22.7. The second-order valence-corrected chi connectivity index (χ2v) is 9.98. The van der Waals surface area contributed by atoms with Gasteiger partial charge in [0.2, 0.25) is 0 Å². The minimum atomic E-state index is -3.46. The van der Waals surface area contributed by atoms with Gasteiger partial charge in [0.05, 0.1) is 10.1 Å². The highest BCUT2D eigenvalue weighted by atomic mass is 32.2. The molecule has 5 heteroatoms. The monoisotopic (exact) mass is 408 g/mol. The number of phenols is 2. The van der Waals surface area contributed by atoms with Crippen molar-refractivity contribution in [2.75, 3.05) is 0 Å². The van der Waals surface area contributed by atoms with Crippen LogP contribution in [0.15, 0.2) is 83.8 Å². The maximum absolute atomic E-state index is 13.4. The summed E-state index contributed by atoms with van der Waals surface area (Å²) >= 11 is 0. The van der Waals surface area contributed by atoms with E-state index in [0.717, 1.165) is 24.0 Å². The number of rotatable bonds is 4. The molecule has 0 amide bonds. The van der Waals surface area contributed by atoms with Crippen LogP contribution in [-0.4, -0.2) is 23.9 Å². The first-order valence-corrected chi connectivity index (χ1v) is 11.3. The summed E-state index contributed by atoms with van der Waals surface area (Å²) in [4.78, 5) is 0.359. The molecular formula is C24H24O4S. The largest absolute Gasteiger partial charge is 0.508 e. The first kappa shape index (κ1) is 19.5. The maximum atomic E-state index is 13.4. The maximum Gasteiger partial charge on any atom is 0.181 e. The minimum absolute atomic E-state index is 0.180. The second-order valence-electron chi connectivity index (χ2n) is 7.75. The summed E-state index contributed by atoms with van der Waals surface area (Å²) in [6.45, 7) is 0. The van der Waals surface area contributed by atoms with Crippen LogP contribution < -0.4 is 0 Å². The van der Waals surface area contributed by atoms with Crippen LogP contribution in [0.25, 0.3) is 0 Å². The molecular weight excluding hydrogens is 384 g/mol. The van der Waals surface area contributed by atoms with Gasteiger partial charge < -0.3 is 10.2 Å². The molecule has 1 aliphatic carbocycles. The molecule has 1 saturated carbocycles. The molecule has 0 aromatic heterocycles. The molecule has 4 nitrogen and oxygen atoms in total. The van der Waals surface area contributed by atoms with Crippen LogP contribution in [-0.2, 0) is 15.3 Å². The van der Waals surface area contributed by atoms with Crippen molar-refractivity contribution in [3.05, 3.63) is 90.0 Å². The van der Waals surface area contributed by atoms with Crippen molar-refractivity contribution in [1.29, 1.82) is 0 Å². The molecule has 0 heterocycles. The smallest absolute Gasteiger partial charge is 0.181 e. The predicted molar refractivity (Wildman–Crippen MR) is 113 cm³/mol. The van der Waals surface area contributed by atoms with E-state index in [4.69, 9.17) is 0 Å². The Morgan fingerprint density at radius 2 is 1.28 bits per heavy atom. The summed E-state index contributed by atoms with van der Waals surface area (Å²) in [6.07, 6.45) is 2.66. The van der Waals surface area contributed by atoms with Gasteiger partial charge in [-0.15, -0.1) is 0 Å². The number of aromatic hydroxyl groups is 2. The summed E-state index contributed by atoms with van der Waals surface area (Å²) in [5.41, 5.74) is 1.47. The van der Waals surface area contributed by atoms with Crippen molar-refractivity contribution < 1.29 is 18.6 Å². The number of benzene rings is 3. The van der Waals surface area contributed by atoms with Gasteiger partial charge in [-0.3, -0.25) is 0 Å². The van der Waals surface area contributed by atoms with Crippen LogP contribution in [0.4, 0.5) is 0 Å². The van der Waals surface area contributed by atoms with Crippen molar-refractivity contribution in [3.63, 3.8) is 0 Å². The van der Waals surface area contributed by atoms with Crippen LogP contribution in [0.3, 0.4) is 0 Å². The van der Waals surface area contributed by atoms with E-state index in [2.05, 4.69) is 0 Å². The van der Waals surface area contributed by atoms with Gasteiger partial charge in [-0.2, -0.15) is 0 Å². The Balaban J connectivity index is 1.81. The molecule has 1 atom stereocenters. The third-order valence-corrected chi connectivity index (χ3v) is 8.27. The van der Waals surface area contributed by atoms with E-state index >= 15 is 0 Å². The normalized spacial score (nSPS) is 19.0. The third-order valence-electron chi connectivity index (χ3n) is 6.06. The zero-order valence-electron chi connectivity index (χ0n) is 16.0. The highest BCUT2D eigenvalue weighted by molar-refractivity contribution is 7.92. The van der Waals surface area contributed by atoms with Gasteiger partial charge in [0, 0.05) is 5.41 Å². The van der Waals surface area contributed by atoms with E-state index in [0.29, 0.717) is 17.7 Å². The zero-order valence-corrected chi connectivity index (χ0v) is 16.8. The van der Waals surface area contributed by atoms with Crippen LogP contribution in [0.2, 0.25) is 0 Å². The minimum Gasteiger partial charge on any atom is -0.508 e. The van der Waals surface area contributed by atoms with Gasteiger partial charge in [0.1, 0.15) is 11.5 Å².